The first-order chi connectivity index (χ1) is 10.6. The lowest BCUT2D eigenvalue weighted by Crippen LogP contribution is -2.51. The summed E-state index contributed by atoms with van der Waals surface area (Å²) in [7, 11) is 0. The molecule has 0 aliphatic heterocycles. The Morgan fingerprint density at radius 1 is 1.18 bits per heavy atom. The summed E-state index contributed by atoms with van der Waals surface area (Å²) in [6, 6.07) is 9.01. The van der Waals surface area contributed by atoms with E-state index in [0.717, 1.165) is 6.42 Å². The van der Waals surface area contributed by atoms with Crippen molar-refractivity contribution in [3.63, 3.8) is 0 Å². The molecule has 2 unspecified atom stereocenters. The number of nitrogens with zero attached hydrogens (tertiary/aromatic N) is 2. The number of carbonyl (C=O) groups excluding carboxylic acids is 2. The molecule has 1 saturated carbocycles. The third-order valence-electron chi connectivity index (χ3n) is 3.88. The molecule has 22 heavy (non-hydrogen) atoms. The van der Waals surface area contributed by atoms with Gasteiger partial charge in [-0.3, -0.25) is 9.59 Å². The Bertz CT molecular complexity index is 736. The topological polar surface area (TPSA) is 92.4 Å². The number of aromatic hydroxyl groups is 1. The second kappa shape index (κ2) is 5.38. The SMILES string of the molecule is CCCc1nn(-c2ccccc2)c(O)c1C1C(=O)C(=O)C1O. The largest absolute Gasteiger partial charge is 0.493 e. The van der Waals surface area contributed by atoms with Gasteiger partial charge in [-0.05, 0) is 18.6 Å². The standard InChI is InChI=1S/C16H16N2O4/c1-2-6-10-11(12-13(19)15(21)14(12)20)16(22)18(17-10)9-7-4-3-5-8-9/h3-5,7-8,12-13,19,22H,2,6H2,1H3. The molecule has 2 atom stereocenters. The van der Waals surface area contributed by atoms with Crippen LogP contribution in [0.1, 0.15) is 30.5 Å². The second-order valence-electron chi connectivity index (χ2n) is 5.33. The molecule has 0 spiro atoms. The van der Waals surface area contributed by atoms with Crippen LogP contribution in [0.2, 0.25) is 0 Å². The molecule has 0 amide bonds. The molecule has 2 aromatic rings. The van der Waals surface area contributed by atoms with Gasteiger partial charge >= 0.3 is 0 Å². The van der Waals surface area contributed by atoms with Crippen molar-refractivity contribution in [2.75, 3.05) is 0 Å². The van der Waals surface area contributed by atoms with Crippen molar-refractivity contribution in [1.82, 2.24) is 9.78 Å². The number of para-hydroxylation sites is 1. The fourth-order valence-electron chi connectivity index (χ4n) is 2.74. The molecule has 0 radical (unpaired) electrons. The van der Waals surface area contributed by atoms with Crippen LogP contribution in [0.3, 0.4) is 0 Å². The van der Waals surface area contributed by atoms with Gasteiger partial charge in [0.05, 0.1) is 22.9 Å². The van der Waals surface area contributed by atoms with Gasteiger partial charge in [0.25, 0.3) is 0 Å². The minimum atomic E-state index is -1.39. The fraction of sp³-hybridized carbons (Fsp3) is 0.312. The third-order valence-corrected chi connectivity index (χ3v) is 3.88. The van der Waals surface area contributed by atoms with E-state index in [1.54, 1.807) is 12.1 Å². The molecule has 1 aliphatic carbocycles. The molecule has 1 aromatic carbocycles. The number of aromatic nitrogens is 2. The monoisotopic (exact) mass is 300 g/mol. The summed E-state index contributed by atoms with van der Waals surface area (Å²) in [6.07, 6.45) is -0.0706. The zero-order valence-corrected chi connectivity index (χ0v) is 12.1. The summed E-state index contributed by atoms with van der Waals surface area (Å²) >= 11 is 0. The Balaban J connectivity index is 2.11. The molecule has 1 aliphatic rings. The van der Waals surface area contributed by atoms with Crippen molar-refractivity contribution < 1.29 is 19.8 Å². The number of ketones is 2. The third kappa shape index (κ3) is 2.03. The van der Waals surface area contributed by atoms with E-state index >= 15 is 0 Å². The van der Waals surface area contributed by atoms with Gasteiger partial charge in [-0.1, -0.05) is 31.5 Å². The van der Waals surface area contributed by atoms with E-state index in [1.165, 1.54) is 4.68 Å². The maximum atomic E-state index is 11.8. The van der Waals surface area contributed by atoms with Crippen LogP contribution in [0.25, 0.3) is 5.69 Å². The lowest BCUT2D eigenvalue weighted by Gasteiger charge is -2.28. The minimum Gasteiger partial charge on any atom is -0.493 e. The molecule has 0 saturated heterocycles. The van der Waals surface area contributed by atoms with E-state index < -0.39 is 23.6 Å². The average molecular weight is 300 g/mol. The molecule has 114 valence electrons. The van der Waals surface area contributed by atoms with Crippen LogP contribution in [0, 0.1) is 0 Å². The number of Topliss-reactive ketones (excluding diaryl/α,β-unsaturated/α-hetero) is 2. The molecule has 1 heterocycles. The average Bonchev–Trinajstić information content (AvgIpc) is 2.85. The van der Waals surface area contributed by atoms with E-state index in [2.05, 4.69) is 5.10 Å². The molecule has 2 N–H and O–H groups in total. The zero-order valence-electron chi connectivity index (χ0n) is 12.1. The minimum absolute atomic E-state index is 0.195. The first kappa shape index (κ1) is 14.5. The van der Waals surface area contributed by atoms with Gasteiger partial charge in [-0.15, -0.1) is 0 Å². The summed E-state index contributed by atoms with van der Waals surface area (Å²) in [5, 5.41) is 24.6. The number of hydrogen-bond acceptors (Lipinski definition) is 5. The van der Waals surface area contributed by atoms with Crippen LogP contribution in [0.15, 0.2) is 30.3 Å². The van der Waals surface area contributed by atoms with Crippen LogP contribution in [-0.2, 0) is 16.0 Å². The Morgan fingerprint density at radius 2 is 1.86 bits per heavy atom. The number of aliphatic hydroxyl groups excluding tert-OH is 1. The van der Waals surface area contributed by atoms with Crippen LogP contribution in [0.4, 0.5) is 0 Å². The van der Waals surface area contributed by atoms with Gasteiger partial charge in [0, 0.05) is 0 Å². The first-order valence-corrected chi connectivity index (χ1v) is 7.18. The van der Waals surface area contributed by atoms with Crippen LogP contribution < -0.4 is 0 Å². The fourth-order valence-corrected chi connectivity index (χ4v) is 2.74. The van der Waals surface area contributed by atoms with Gasteiger partial charge in [0.2, 0.25) is 17.4 Å². The summed E-state index contributed by atoms with van der Waals surface area (Å²) in [6.45, 7) is 1.95. The van der Waals surface area contributed by atoms with Crippen LogP contribution >= 0.6 is 0 Å². The normalized spacial score (nSPS) is 21.0. The molecule has 1 fully saturated rings. The number of rotatable bonds is 4. The Hall–Kier alpha value is -2.47. The summed E-state index contributed by atoms with van der Waals surface area (Å²) in [4.78, 5) is 23.1. The smallest absolute Gasteiger partial charge is 0.228 e. The van der Waals surface area contributed by atoms with Crippen molar-refractivity contribution in [1.29, 1.82) is 0 Å². The molecule has 3 rings (SSSR count). The van der Waals surface area contributed by atoms with Crippen molar-refractivity contribution in [3.05, 3.63) is 41.6 Å². The predicted molar refractivity (Wildman–Crippen MR) is 78.0 cm³/mol. The van der Waals surface area contributed by atoms with E-state index in [9.17, 15) is 19.8 Å². The summed E-state index contributed by atoms with van der Waals surface area (Å²) < 4.78 is 1.34. The number of carbonyl (C=O) groups is 2. The zero-order chi connectivity index (χ0) is 15.9. The highest BCUT2D eigenvalue weighted by molar-refractivity contribution is 6.48. The van der Waals surface area contributed by atoms with Crippen LogP contribution in [-0.4, -0.2) is 37.7 Å². The summed E-state index contributed by atoms with van der Waals surface area (Å²) in [5.41, 5.74) is 1.45. The molecule has 1 aromatic heterocycles. The van der Waals surface area contributed by atoms with E-state index in [1.807, 2.05) is 25.1 Å². The molecule has 0 bridgehead atoms. The predicted octanol–water partition coefficient (Wildman–Crippen LogP) is 1.13. The van der Waals surface area contributed by atoms with E-state index in [4.69, 9.17) is 0 Å². The number of aliphatic hydroxyl groups is 1. The van der Waals surface area contributed by atoms with E-state index in [-0.39, 0.29) is 11.4 Å². The van der Waals surface area contributed by atoms with Crippen molar-refractivity contribution in [2.24, 2.45) is 0 Å². The lowest BCUT2D eigenvalue weighted by atomic mass is 9.74. The number of aryl methyl sites for hydroxylation is 1. The molecular weight excluding hydrogens is 284 g/mol. The number of benzene rings is 1. The highest BCUT2D eigenvalue weighted by Crippen LogP contribution is 2.39. The number of hydrogen-bond donors (Lipinski definition) is 2. The second-order valence-corrected chi connectivity index (χ2v) is 5.33. The van der Waals surface area contributed by atoms with Crippen molar-refractivity contribution >= 4 is 11.6 Å². The van der Waals surface area contributed by atoms with Gasteiger partial charge in [0.1, 0.15) is 6.10 Å². The summed E-state index contributed by atoms with van der Waals surface area (Å²) in [5.74, 6) is -2.68. The van der Waals surface area contributed by atoms with Gasteiger partial charge in [0.15, 0.2) is 0 Å². The van der Waals surface area contributed by atoms with E-state index in [0.29, 0.717) is 17.8 Å². The first-order valence-electron chi connectivity index (χ1n) is 7.18. The highest BCUT2D eigenvalue weighted by Gasteiger charge is 2.51. The Labute approximate surface area is 127 Å². The quantitative estimate of drug-likeness (QED) is 0.826. The van der Waals surface area contributed by atoms with Crippen LogP contribution in [0.5, 0.6) is 5.88 Å². The van der Waals surface area contributed by atoms with Gasteiger partial charge in [-0.2, -0.15) is 5.10 Å². The maximum Gasteiger partial charge on any atom is 0.228 e. The highest BCUT2D eigenvalue weighted by atomic mass is 16.3. The molecule has 6 nitrogen and oxygen atoms in total. The van der Waals surface area contributed by atoms with Gasteiger partial charge in [-0.25, -0.2) is 4.68 Å². The van der Waals surface area contributed by atoms with Gasteiger partial charge < -0.3 is 10.2 Å². The maximum absolute atomic E-state index is 11.8. The Kier molecular flexibility index (Phi) is 3.54. The Morgan fingerprint density at radius 3 is 2.45 bits per heavy atom. The lowest BCUT2D eigenvalue weighted by molar-refractivity contribution is -0.154. The van der Waals surface area contributed by atoms with Crippen molar-refractivity contribution in [2.45, 2.75) is 31.8 Å². The molecule has 6 heteroatoms. The molecular formula is C16H16N2O4. The van der Waals surface area contributed by atoms with Crippen molar-refractivity contribution in [3.8, 4) is 11.6 Å².